The van der Waals surface area contributed by atoms with Crippen molar-refractivity contribution < 1.29 is 4.79 Å². The van der Waals surface area contributed by atoms with Crippen LogP contribution in [-0.2, 0) is 4.79 Å². The Morgan fingerprint density at radius 3 is 2.79 bits per heavy atom. The third kappa shape index (κ3) is 3.77. The maximum Gasteiger partial charge on any atom is 0.223 e. The van der Waals surface area contributed by atoms with Gasteiger partial charge in [0.25, 0.3) is 0 Å². The molecule has 1 amide bonds. The summed E-state index contributed by atoms with van der Waals surface area (Å²) in [4.78, 5) is 16.3. The van der Waals surface area contributed by atoms with Crippen molar-refractivity contribution in [3.63, 3.8) is 0 Å². The van der Waals surface area contributed by atoms with E-state index >= 15 is 0 Å². The number of carbonyl (C=O) groups is 1. The minimum Gasteiger partial charge on any atom is -0.349 e. The molecule has 1 aliphatic rings. The molecule has 1 aromatic heterocycles. The fraction of sp³-hybridized carbons (Fsp3) is 0.600. The maximum atomic E-state index is 12.2. The zero-order valence-electron chi connectivity index (χ0n) is 11.5. The molecule has 1 aromatic rings. The van der Waals surface area contributed by atoms with Crippen molar-refractivity contribution in [3.05, 3.63) is 30.1 Å². The van der Waals surface area contributed by atoms with Crippen molar-refractivity contribution in [2.75, 3.05) is 6.54 Å². The van der Waals surface area contributed by atoms with Crippen molar-refractivity contribution in [2.45, 2.75) is 38.6 Å². The van der Waals surface area contributed by atoms with Gasteiger partial charge >= 0.3 is 0 Å². The van der Waals surface area contributed by atoms with Gasteiger partial charge in [0.2, 0.25) is 5.91 Å². The summed E-state index contributed by atoms with van der Waals surface area (Å²) in [6.45, 7) is 2.75. The summed E-state index contributed by atoms with van der Waals surface area (Å²) < 4.78 is 0. The SMILES string of the molecule is C[C@H](NC(=O)C1CCC(CN)CC1)c1cccnc1. The molecule has 2 rings (SSSR count). The van der Waals surface area contributed by atoms with E-state index in [2.05, 4.69) is 10.3 Å². The molecule has 1 fully saturated rings. The van der Waals surface area contributed by atoms with Gasteiger partial charge in [-0.3, -0.25) is 9.78 Å². The highest BCUT2D eigenvalue weighted by atomic mass is 16.1. The van der Waals surface area contributed by atoms with E-state index < -0.39 is 0 Å². The molecule has 0 unspecified atom stereocenters. The van der Waals surface area contributed by atoms with Crippen LogP contribution in [0.15, 0.2) is 24.5 Å². The first kappa shape index (κ1) is 14.0. The Hall–Kier alpha value is -1.42. The standard InChI is InChI=1S/C15H23N3O/c1-11(14-3-2-8-17-10-14)18-15(19)13-6-4-12(9-16)5-7-13/h2-3,8,10-13H,4-7,9,16H2,1H3,(H,18,19)/t11-,12?,13?/m0/s1. The van der Waals surface area contributed by atoms with E-state index in [1.165, 1.54) is 0 Å². The molecule has 4 nitrogen and oxygen atoms in total. The number of hydrogen-bond donors (Lipinski definition) is 2. The lowest BCUT2D eigenvalue weighted by molar-refractivity contribution is -0.126. The molecule has 0 aromatic carbocycles. The van der Waals surface area contributed by atoms with Gasteiger partial charge in [0.1, 0.15) is 0 Å². The minimum absolute atomic E-state index is 0.0217. The highest BCUT2D eigenvalue weighted by Gasteiger charge is 2.26. The van der Waals surface area contributed by atoms with Gasteiger partial charge < -0.3 is 11.1 Å². The number of amides is 1. The molecule has 0 saturated heterocycles. The monoisotopic (exact) mass is 261 g/mol. The molecule has 1 saturated carbocycles. The van der Waals surface area contributed by atoms with Gasteiger partial charge in [0, 0.05) is 18.3 Å². The second kappa shape index (κ2) is 6.66. The number of nitrogens with one attached hydrogen (secondary N) is 1. The number of carbonyl (C=O) groups excluding carboxylic acids is 1. The topological polar surface area (TPSA) is 68.0 Å². The van der Waals surface area contributed by atoms with E-state index in [0.29, 0.717) is 5.92 Å². The largest absolute Gasteiger partial charge is 0.349 e. The molecule has 3 N–H and O–H groups in total. The highest BCUT2D eigenvalue weighted by molar-refractivity contribution is 5.79. The van der Waals surface area contributed by atoms with Gasteiger partial charge in [0.15, 0.2) is 0 Å². The lowest BCUT2D eigenvalue weighted by Gasteiger charge is -2.27. The molecule has 0 bridgehead atoms. The lowest BCUT2D eigenvalue weighted by atomic mass is 9.81. The van der Waals surface area contributed by atoms with Crippen LogP contribution >= 0.6 is 0 Å². The predicted octanol–water partition coefficient (Wildman–Crippen LogP) is 2.02. The summed E-state index contributed by atoms with van der Waals surface area (Å²) >= 11 is 0. The van der Waals surface area contributed by atoms with E-state index in [1.807, 2.05) is 19.1 Å². The summed E-state index contributed by atoms with van der Waals surface area (Å²) in [6.07, 6.45) is 7.63. The quantitative estimate of drug-likeness (QED) is 0.871. The minimum atomic E-state index is 0.0217. The Balaban J connectivity index is 1.84. The first-order valence-electron chi connectivity index (χ1n) is 7.11. The van der Waals surface area contributed by atoms with E-state index in [0.717, 1.165) is 37.8 Å². The Labute approximate surface area is 114 Å². The summed E-state index contributed by atoms with van der Waals surface area (Å²) in [5.41, 5.74) is 6.72. The average Bonchev–Trinajstić information content (AvgIpc) is 2.48. The maximum absolute atomic E-state index is 12.2. The molecule has 0 aliphatic heterocycles. The first-order valence-corrected chi connectivity index (χ1v) is 7.11. The van der Waals surface area contributed by atoms with Crippen LogP contribution in [0.2, 0.25) is 0 Å². The number of nitrogens with two attached hydrogens (primary N) is 1. The molecule has 0 radical (unpaired) electrons. The molecule has 19 heavy (non-hydrogen) atoms. The Morgan fingerprint density at radius 2 is 2.21 bits per heavy atom. The van der Waals surface area contributed by atoms with Crippen LogP contribution in [0.3, 0.4) is 0 Å². The van der Waals surface area contributed by atoms with Crippen LogP contribution in [0.25, 0.3) is 0 Å². The zero-order chi connectivity index (χ0) is 13.7. The smallest absolute Gasteiger partial charge is 0.223 e. The number of pyridine rings is 1. The van der Waals surface area contributed by atoms with Gasteiger partial charge in [0.05, 0.1) is 6.04 Å². The van der Waals surface area contributed by atoms with Gasteiger partial charge in [-0.2, -0.15) is 0 Å². The number of hydrogen-bond acceptors (Lipinski definition) is 3. The van der Waals surface area contributed by atoms with E-state index in [1.54, 1.807) is 12.4 Å². The molecule has 1 atom stereocenters. The summed E-state index contributed by atoms with van der Waals surface area (Å²) in [6, 6.07) is 3.90. The van der Waals surface area contributed by atoms with Crippen molar-refractivity contribution in [1.82, 2.24) is 10.3 Å². The molecular weight excluding hydrogens is 238 g/mol. The second-order valence-corrected chi connectivity index (χ2v) is 5.47. The fourth-order valence-corrected chi connectivity index (χ4v) is 2.71. The Kier molecular flexibility index (Phi) is 4.91. The fourth-order valence-electron chi connectivity index (χ4n) is 2.71. The van der Waals surface area contributed by atoms with E-state index in [-0.39, 0.29) is 17.9 Å². The molecule has 104 valence electrons. The number of aromatic nitrogens is 1. The van der Waals surface area contributed by atoms with Crippen molar-refractivity contribution >= 4 is 5.91 Å². The molecular formula is C15H23N3O. The average molecular weight is 261 g/mol. The van der Waals surface area contributed by atoms with Gasteiger partial charge in [-0.05, 0) is 56.7 Å². The summed E-state index contributed by atoms with van der Waals surface area (Å²) in [5.74, 6) is 0.938. The molecule has 1 aliphatic carbocycles. The normalized spacial score (nSPS) is 24.7. The third-order valence-corrected chi connectivity index (χ3v) is 4.09. The van der Waals surface area contributed by atoms with Gasteiger partial charge in [-0.25, -0.2) is 0 Å². The van der Waals surface area contributed by atoms with Crippen LogP contribution in [0.1, 0.15) is 44.2 Å². The van der Waals surface area contributed by atoms with Crippen LogP contribution < -0.4 is 11.1 Å². The van der Waals surface area contributed by atoms with Crippen LogP contribution in [0.5, 0.6) is 0 Å². The lowest BCUT2D eigenvalue weighted by Crippen LogP contribution is -2.35. The first-order chi connectivity index (χ1) is 9.20. The third-order valence-electron chi connectivity index (χ3n) is 4.09. The molecule has 4 heteroatoms. The predicted molar refractivity (Wildman–Crippen MR) is 75.3 cm³/mol. The highest BCUT2D eigenvalue weighted by Crippen LogP contribution is 2.28. The van der Waals surface area contributed by atoms with Crippen molar-refractivity contribution in [1.29, 1.82) is 0 Å². The second-order valence-electron chi connectivity index (χ2n) is 5.47. The summed E-state index contributed by atoms with van der Waals surface area (Å²) in [5, 5.41) is 3.09. The van der Waals surface area contributed by atoms with Gasteiger partial charge in [-0.1, -0.05) is 6.07 Å². The molecule has 0 spiro atoms. The van der Waals surface area contributed by atoms with Crippen molar-refractivity contribution in [2.24, 2.45) is 17.6 Å². The van der Waals surface area contributed by atoms with Gasteiger partial charge in [-0.15, -0.1) is 0 Å². The Morgan fingerprint density at radius 1 is 1.47 bits per heavy atom. The zero-order valence-corrected chi connectivity index (χ0v) is 11.5. The van der Waals surface area contributed by atoms with E-state index in [4.69, 9.17) is 5.73 Å². The Bertz CT molecular complexity index is 399. The van der Waals surface area contributed by atoms with Crippen LogP contribution in [0, 0.1) is 11.8 Å². The number of rotatable bonds is 4. The summed E-state index contributed by atoms with van der Waals surface area (Å²) in [7, 11) is 0. The van der Waals surface area contributed by atoms with Crippen molar-refractivity contribution in [3.8, 4) is 0 Å². The van der Waals surface area contributed by atoms with Crippen LogP contribution in [-0.4, -0.2) is 17.4 Å². The van der Waals surface area contributed by atoms with E-state index in [9.17, 15) is 4.79 Å². The van der Waals surface area contributed by atoms with Crippen LogP contribution in [0.4, 0.5) is 0 Å². The molecule has 1 heterocycles. The number of nitrogens with zero attached hydrogens (tertiary/aromatic N) is 1.